The Morgan fingerprint density at radius 3 is 2.72 bits per heavy atom. The molecule has 0 spiro atoms. The number of hydrogen-bond donors (Lipinski definition) is 1. The summed E-state index contributed by atoms with van der Waals surface area (Å²) in [6.07, 6.45) is -0.627. The largest absolute Gasteiger partial charge is 0.492 e. The summed E-state index contributed by atoms with van der Waals surface area (Å²) in [7, 11) is 0. The van der Waals surface area contributed by atoms with E-state index in [1.165, 1.54) is 12.1 Å². The molecular weight excluding hydrogens is 397 g/mol. The molecule has 2 aromatic carbocycles. The highest BCUT2D eigenvalue weighted by molar-refractivity contribution is 7.99. The topological polar surface area (TPSA) is 86.5 Å². The summed E-state index contributed by atoms with van der Waals surface area (Å²) in [5.41, 5.74) is 0. The fourth-order valence-corrected chi connectivity index (χ4v) is 2.88. The van der Waals surface area contributed by atoms with E-state index >= 15 is 0 Å². The van der Waals surface area contributed by atoms with Gasteiger partial charge >= 0.3 is 0 Å². The van der Waals surface area contributed by atoms with Gasteiger partial charge < -0.3 is 19.2 Å². The van der Waals surface area contributed by atoms with Crippen molar-refractivity contribution in [1.29, 1.82) is 0 Å². The molecule has 0 saturated carbocycles. The monoisotopic (exact) mass is 417 g/mol. The van der Waals surface area contributed by atoms with E-state index in [4.69, 9.17) is 13.9 Å². The second kappa shape index (κ2) is 10.5. The Balaban J connectivity index is 1.38. The molecule has 1 N–H and O–H groups in total. The van der Waals surface area contributed by atoms with Crippen molar-refractivity contribution in [3.63, 3.8) is 0 Å². The average Bonchev–Trinajstić information content (AvgIpc) is 3.21. The molecule has 0 aliphatic carbocycles. The van der Waals surface area contributed by atoms with Crippen molar-refractivity contribution in [3.8, 4) is 11.5 Å². The fraction of sp³-hybridized carbons (Fsp3) is 0.250. The van der Waals surface area contributed by atoms with Crippen LogP contribution < -0.4 is 14.8 Å². The molecule has 0 fully saturated rings. The first-order chi connectivity index (χ1) is 14.1. The number of benzene rings is 2. The molecule has 3 rings (SSSR count). The number of hydrogen-bond acceptors (Lipinski definition) is 7. The van der Waals surface area contributed by atoms with E-state index in [1.54, 1.807) is 19.1 Å². The van der Waals surface area contributed by atoms with Crippen LogP contribution in [0.2, 0.25) is 0 Å². The number of amides is 1. The minimum atomic E-state index is -0.627. The summed E-state index contributed by atoms with van der Waals surface area (Å²) in [4.78, 5) is 11.9. The second-order valence-electron chi connectivity index (χ2n) is 5.90. The molecule has 0 aliphatic rings. The van der Waals surface area contributed by atoms with Crippen LogP contribution in [0.5, 0.6) is 11.5 Å². The maximum absolute atomic E-state index is 13.7. The average molecular weight is 417 g/mol. The van der Waals surface area contributed by atoms with Crippen molar-refractivity contribution in [2.24, 2.45) is 0 Å². The molecular formula is C20H20FN3O4S. The summed E-state index contributed by atoms with van der Waals surface area (Å²) in [5.74, 6) is 0.525. The number of thioether (sulfide) groups is 1. The Hall–Kier alpha value is -3.07. The molecule has 1 aromatic heterocycles. The van der Waals surface area contributed by atoms with Gasteiger partial charge in [-0.25, -0.2) is 4.39 Å². The molecule has 0 radical (unpaired) electrons. The lowest BCUT2D eigenvalue weighted by molar-refractivity contribution is -0.118. The van der Waals surface area contributed by atoms with Gasteiger partial charge in [0.15, 0.2) is 17.7 Å². The highest BCUT2D eigenvalue weighted by Crippen LogP contribution is 2.25. The van der Waals surface area contributed by atoms with Gasteiger partial charge in [-0.05, 0) is 31.2 Å². The quantitative estimate of drug-likeness (QED) is 0.398. The molecule has 29 heavy (non-hydrogen) atoms. The summed E-state index contributed by atoms with van der Waals surface area (Å²) in [6.45, 7) is 2.43. The van der Waals surface area contributed by atoms with E-state index in [2.05, 4.69) is 15.5 Å². The normalized spacial score (nSPS) is 11.7. The summed E-state index contributed by atoms with van der Waals surface area (Å²) in [5, 5.41) is 10.8. The number of carbonyl (C=O) groups excluding carboxylic acids is 1. The van der Waals surface area contributed by atoms with Crippen molar-refractivity contribution in [3.05, 3.63) is 66.3 Å². The lowest BCUT2D eigenvalue weighted by atomic mass is 10.3. The molecule has 0 saturated heterocycles. The fourth-order valence-electron chi connectivity index (χ4n) is 2.28. The van der Waals surface area contributed by atoms with E-state index in [1.807, 2.05) is 30.3 Å². The van der Waals surface area contributed by atoms with Crippen molar-refractivity contribution in [2.45, 2.75) is 18.3 Å². The second-order valence-corrected chi connectivity index (χ2v) is 6.82. The first-order valence-electron chi connectivity index (χ1n) is 8.94. The smallest absolute Gasteiger partial charge is 0.277 e. The highest BCUT2D eigenvalue weighted by atomic mass is 32.2. The standard InChI is InChI=1S/C20H20FN3O4S/c1-14(27-17-10-6-5-9-16(17)21)19-23-24-20(28-19)29-13-18(25)22-11-12-26-15-7-3-2-4-8-15/h2-10,14H,11-13H2,1H3,(H,22,25). The number of para-hydroxylation sites is 2. The third-order valence-corrected chi connectivity index (χ3v) is 4.49. The molecule has 0 aliphatic heterocycles. The Morgan fingerprint density at radius 2 is 1.93 bits per heavy atom. The number of halogens is 1. The van der Waals surface area contributed by atoms with Crippen LogP contribution in [0.4, 0.5) is 4.39 Å². The Labute approximate surface area is 171 Å². The Morgan fingerprint density at radius 1 is 1.17 bits per heavy atom. The van der Waals surface area contributed by atoms with Crippen molar-refractivity contribution < 1.29 is 23.1 Å². The Bertz CT molecular complexity index is 923. The van der Waals surface area contributed by atoms with Crippen molar-refractivity contribution >= 4 is 17.7 Å². The predicted octanol–water partition coefficient (Wildman–Crippen LogP) is 3.64. The zero-order valence-electron chi connectivity index (χ0n) is 15.7. The van der Waals surface area contributed by atoms with E-state index in [0.29, 0.717) is 13.2 Å². The van der Waals surface area contributed by atoms with Crippen LogP contribution >= 0.6 is 11.8 Å². The van der Waals surface area contributed by atoms with E-state index in [0.717, 1.165) is 17.5 Å². The number of ether oxygens (including phenoxy) is 2. The van der Waals surface area contributed by atoms with Crippen LogP contribution in [0, 0.1) is 5.82 Å². The van der Waals surface area contributed by atoms with Gasteiger partial charge in [-0.3, -0.25) is 4.79 Å². The maximum atomic E-state index is 13.7. The molecule has 3 aromatic rings. The number of aromatic nitrogens is 2. The number of rotatable bonds is 10. The summed E-state index contributed by atoms with van der Waals surface area (Å²) < 4.78 is 30.1. The number of nitrogens with one attached hydrogen (secondary N) is 1. The van der Waals surface area contributed by atoms with Gasteiger partial charge in [0.25, 0.3) is 11.1 Å². The Kier molecular flexibility index (Phi) is 7.46. The van der Waals surface area contributed by atoms with Crippen LogP contribution in [0.3, 0.4) is 0 Å². The SMILES string of the molecule is CC(Oc1ccccc1F)c1nnc(SCC(=O)NCCOc2ccccc2)o1. The molecule has 1 amide bonds. The highest BCUT2D eigenvalue weighted by Gasteiger charge is 2.18. The van der Waals surface area contributed by atoms with Gasteiger partial charge in [0.2, 0.25) is 5.91 Å². The van der Waals surface area contributed by atoms with Crippen LogP contribution in [0.1, 0.15) is 18.9 Å². The van der Waals surface area contributed by atoms with E-state index in [-0.39, 0.29) is 28.5 Å². The molecule has 152 valence electrons. The van der Waals surface area contributed by atoms with Crippen LogP contribution in [0.15, 0.2) is 64.2 Å². The minimum absolute atomic E-state index is 0.101. The predicted molar refractivity (Wildman–Crippen MR) is 105 cm³/mol. The van der Waals surface area contributed by atoms with Crippen molar-refractivity contribution in [2.75, 3.05) is 18.9 Å². The molecule has 9 heteroatoms. The molecule has 1 unspecified atom stereocenters. The van der Waals surface area contributed by atoms with Gasteiger partial charge in [-0.1, -0.05) is 42.1 Å². The van der Waals surface area contributed by atoms with E-state index < -0.39 is 11.9 Å². The van der Waals surface area contributed by atoms with Crippen molar-refractivity contribution in [1.82, 2.24) is 15.5 Å². The van der Waals surface area contributed by atoms with Crippen LogP contribution in [-0.2, 0) is 4.79 Å². The lowest BCUT2D eigenvalue weighted by Crippen LogP contribution is -2.29. The van der Waals surface area contributed by atoms with Gasteiger partial charge in [-0.15, -0.1) is 10.2 Å². The maximum Gasteiger partial charge on any atom is 0.277 e. The van der Waals surface area contributed by atoms with Gasteiger partial charge in [0, 0.05) is 0 Å². The van der Waals surface area contributed by atoms with Crippen LogP contribution in [0.25, 0.3) is 0 Å². The number of nitrogens with zero attached hydrogens (tertiary/aromatic N) is 2. The molecule has 7 nitrogen and oxygen atoms in total. The zero-order chi connectivity index (χ0) is 20.5. The first-order valence-corrected chi connectivity index (χ1v) is 9.92. The molecule has 0 bridgehead atoms. The first kappa shape index (κ1) is 20.7. The molecule has 1 heterocycles. The van der Waals surface area contributed by atoms with Crippen LogP contribution in [-0.4, -0.2) is 35.0 Å². The summed E-state index contributed by atoms with van der Waals surface area (Å²) in [6, 6.07) is 15.4. The lowest BCUT2D eigenvalue weighted by Gasteiger charge is -2.11. The van der Waals surface area contributed by atoms with Gasteiger partial charge in [0.1, 0.15) is 12.4 Å². The zero-order valence-corrected chi connectivity index (χ0v) is 16.5. The van der Waals surface area contributed by atoms with E-state index in [9.17, 15) is 9.18 Å². The number of carbonyl (C=O) groups is 1. The minimum Gasteiger partial charge on any atom is -0.492 e. The third kappa shape index (κ3) is 6.49. The summed E-state index contributed by atoms with van der Waals surface area (Å²) >= 11 is 1.11. The van der Waals surface area contributed by atoms with Gasteiger partial charge in [0.05, 0.1) is 12.3 Å². The third-order valence-electron chi connectivity index (χ3n) is 3.67. The molecule has 1 atom stereocenters. The van der Waals surface area contributed by atoms with Gasteiger partial charge in [-0.2, -0.15) is 0 Å².